The van der Waals surface area contributed by atoms with Crippen LogP contribution < -0.4 is 11.1 Å². The first-order valence-corrected chi connectivity index (χ1v) is 6.50. The van der Waals surface area contributed by atoms with Crippen LogP contribution in [0.25, 0.3) is 0 Å². The van der Waals surface area contributed by atoms with E-state index in [1.807, 2.05) is 24.4 Å². The molecule has 1 atom stereocenters. The predicted octanol–water partition coefficient (Wildman–Crippen LogP) is 2.00. The molecule has 0 radical (unpaired) electrons. The highest BCUT2D eigenvalue weighted by molar-refractivity contribution is 7.10. The van der Waals surface area contributed by atoms with Crippen molar-refractivity contribution in [1.82, 2.24) is 15.3 Å². The summed E-state index contributed by atoms with van der Waals surface area (Å²) >= 11 is 1.62. The van der Waals surface area contributed by atoms with E-state index in [2.05, 4.69) is 15.3 Å². The lowest BCUT2D eigenvalue weighted by Crippen LogP contribution is -2.28. The molecule has 2 rings (SSSR count). The molecule has 6 heteroatoms. The molecule has 0 aliphatic carbocycles. The molecule has 2 heterocycles. The van der Waals surface area contributed by atoms with Gasteiger partial charge >= 0.3 is 0 Å². The van der Waals surface area contributed by atoms with E-state index in [0.29, 0.717) is 0 Å². The third kappa shape index (κ3) is 2.84. The summed E-state index contributed by atoms with van der Waals surface area (Å²) in [4.78, 5) is 20.9. The van der Waals surface area contributed by atoms with E-state index in [0.717, 1.165) is 11.3 Å². The maximum Gasteiger partial charge on any atom is 0.272 e. The van der Waals surface area contributed by atoms with Crippen molar-refractivity contribution in [3.05, 3.63) is 40.5 Å². The number of carbonyl (C=O) groups excluding carboxylic acids is 1. The minimum atomic E-state index is -0.255. The zero-order valence-electron chi connectivity index (χ0n) is 9.96. The third-order valence-electron chi connectivity index (χ3n) is 2.49. The zero-order valence-corrected chi connectivity index (χ0v) is 10.8. The second-order valence-corrected chi connectivity index (χ2v) is 4.76. The van der Waals surface area contributed by atoms with Crippen molar-refractivity contribution >= 4 is 23.1 Å². The van der Waals surface area contributed by atoms with Crippen LogP contribution in [0.3, 0.4) is 0 Å². The van der Waals surface area contributed by atoms with Gasteiger partial charge in [-0.05, 0) is 17.9 Å². The van der Waals surface area contributed by atoms with Gasteiger partial charge in [-0.1, -0.05) is 13.0 Å². The standard InChI is InChI=1S/C12H14N4OS/c1-2-8(10-4-3-5-18-10)16-12(17)9-6-14-7-11(13)15-9/h3-8H,2H2,1H3,(H2,13,15)(H,16,17). The first-order chi connectivity index (χ1) is 8.70. The van der Waals surface area contributed by atoms with Crippen LogP contribution in [0.1, 0.15) is 34.8 Å². The van der Waals surface area contributed by atoms with Gasteiger partial charge in [0, 0.05) is 4.88 Å². The summed E-state index contributed by atoms with van der Waals surface area (Å²) in [6.07, 6.45) is 3.64. The largest absolute Gasteiger partial charge is 0.382 e. The number of nitrogen functional groups attached to an aromatic ring is 1. The van der Waals surface area contributed by atoms with E-state index in [1.54, 1.807) is 11.3 Å². The highest BCUT2D eigenvalue weighted by Gasteiger charge is 2.16. The van der Waals surface area contributed by atoms with Crippen LogP contribution in [0.5, 0.6) is 0 Å². The number of anilines is 1. The van der Waals surface area contributed by atoms with Gasteiger partial charge in [-0.25, -0.2) is 4.98 Å². The van der Waals surface area contributed by atoms with Crippen molar-refractivity contribution in [3.8, 4) is 0 Å². The average molecular weight is 262 g/mol. The van der Waals surface area contributed by atoms with Crippen LogP contribution >= 0.6 is 11.3 Å². The maximum atomic E-state index is 12.0. The van der Waals surface area contributed by atoms with Crippen molar-refractivity contribution in [1.29, 1.82) is 0 Å². The minimum Gasteiger partial charge on any atom is -0.382 e. The first kappa shape index (κ1) is 12.5. The van der Waals surface area contributed by atoms with Crippen molar-refractivity contribution in [2.24, 2.45) is 0 Å². The second-order valence-electron chi connectivity index (χ2n) is 3.78. The van der Waals surface area contributed by atoms with Gasteiger partial charge in [0.15, 0.2) is 0 Å². The van der Waals surface area contributed by atoms with E-state index in [9.17, 15) is 4.79 Å². The topological polar surface area (TPSA) is 80.9 Å². The van der Waals surface area contributed by atoms with Gasteiger partial charge in [0.2, 0.25) is 0 Å². The van der Waals surface area contributed by atoms with E-state index in [1.165, 1.54) is 12.4 Å². The Morgan fingerprint density at radius 1 is 1.56 bits per heavy atom. The number of aromatic nitrogens is 2. The molecule has 0 aliphatic rings. The summed E-state index contributed by atoms with van der Waals surface area (Å²) in [6.45, 7) is 2.02. The smallest absolute Gasteiger partial charge is 0.272 e. The van der Waals surface area contributed by atoms with Crippen molar-refractivity contribution in [2.45, 2.75) is 19.4 Å². The molecule has 5 nitrogen and oxygen atoms in total. The van der Waals surface area contributed by atoms with Gasteiger partial charge < -0.3 is 11.1 Å². The normalized spacial score (nSPS) is 12.1. The Labute approximate surface area is 109 Å². The van der Waals surface area contributed by atoms with E-state index < -0.39 is 0 Å². The van der Waals surface area contributed by atoms with Gasteiger partial charge in [-0.3, -0.25) is 9.78 Å². The summed E-state index contributed by atoms with van der Waals surface area (Å²) in [5, 5.41) is 4.92. The lowest BCUT2D eigenvalue weighted by molar-refractivity contribution is 0.0931. The Bertz CT molecular complexity index is 527. The number of carbonyl (C=O) groups is 1. The molecule has 0 saturated heterocycles. The molecule has 0 saturated carbocycles. The SMILES string of the molecule is CCC(NC(=O)c1cncc(N)n1)c1cccs1. The molecule has 0 bridgehead atoms. The van der Waals surface area contributed by atoms with Gasteiger partial charge in [0.25, 0.3) is 5.91 Å². The molecule has 1 amide bonds. The first-order valence-electron chi connectivity index (χ1n) is 5.62. The maximum absolute atomic E-state index is 12.0. The van der Waals surface area contributed by atoms with Crippen molar-refractivity contribution in [2.75, 3.05) is 5.73 Å². The van der Waals surface area contributed by atoms with E-state index in [-0.39, 0.29) is 23.5 Å². The number of hydrogen-bond donors (Lipinski definition) is 2. The molecular weight excluding hydrogens is 248 g/mol. The fourth-order valence-electron chi connectivity index (χ4n) is 1.59. The summed E-state index contributed by atoms with van der Waals surface area (Å²) in [5.41, 5.74) is 5.74. The fraction of sp³-hybridized carbons (Fsp3) is 0.250. The van der Waals surface area contributed by atoms with Gasteiger partial charge in [0.1, 0.15) is 11.5 Å². The number of nitrogens with one attached hydrogen (secondary N) is 1. The van der Waals surface area contributed by atoms with E-state index >= 15 is 0 Å². The number of hydrogen-bond acceptors (Lipinski definition) is 5. The number of thiophene rings is 1. The van der Waals surface area contributed by atoms with Crippen molar-refractivity contribution < 1.29 is 4.79 Å². The molecular formula is C12H14N4OS. The summed E-state index contributed by atoms with van der Waals surface area (Å²) in [6, 6.07) is 3.97. The summed E-state index contributed by atoms with van der Waals surface area (Å²) in [5.74, 6) is -0.0122. The van der Waals surface area contributed by atoms with Gasteiger partial charge in [-0.15, -0.1) is 11.3 Å². The molecule has 0 aliphatic heterocycles. The Balaban J connectivity index is 2.11. The van der Waals surface area contributed by atoms with Crippen LogP contribution in [0, 0.1) is 0 Å². The van der Waals surface area contributed by atoms with Crippen molar-refractivity contribution in [3.63, 3.8) is 0 Å². The molecule has 1 unspecified atom stereocenters. The van der Waals surface area contributed by atoms with Crippen LogP contribution in [-0.4, -0.2) is 15.9 Å². The minimum absolute atomic E-state index is 0.000676. The Morgan fingerprint density at radius 3 is 3.00 bits per heavy atom. The summed E-state index contributed by atoms with van der Waals surface area (Å²) in [7, 11) is 0. The van der Waals surface area contributed by atoms with Crippen LogP contribution in [-0.2, 0) is 0 Å². The highest BCUT2D eigenvalue weighted by Crippen LogP contribution is 2.21. The average Bonchev–Trinajstić information content (AvgIpc) is 2.89. The molecule has 0 aromatic carbocycles. The van der Waals surface area contributed by atoms with Gasteiger partial charge in [-0.2, -0.15) is 0 Å². The molecule has 2 aromatic heterocycles. The number of rotatable bonds is 4. The van der Waals surface area contributed by atoms with Gasteiger partial charge in [0.05, 0.1) is 18.4 Å². The highest BCUT2D eigenvalue weighted by atomic mass is 32.1. The Morgan fingerprint density at radius 2 is 2.39 bits per heavy atom. The van der Waals surface area contributed by atoms with Crippen LogP contribution in [0.2, 0.25) is 0 Å². The lowest BCUT2D eigenvalue weighted by Gasteiger charge is -2.14. The number of nitrogens with two attached hydrogens (primary N) is 1. The molecule has 94 valence electrons. The monoisotopic (exact) mass is 262 g/mol. The second kappa shape index (κ2) is 5.59. The predicted molar refractivity (Wildman–Crippen MR) is 71.3 cm³/mol. The Kier molecular flexibility index (Phi) is 3.88. The van der Waals surface area contributed by atoms with Crippen LogP contribution in [0.15, 0.2) is 29.9 Å². The Hall–Kier alpha value is -1.95. The lowest BCUT2D eigenvalue weighted by atomic mass is 10.2. The van der Waals surface area contributed by atoms with E-state index in [4.69, 9.17) is 5.73 Å². The molecule has 0 fully saturated rings. The quantitative estimate of drug-likeness (QED) is 0.883. The molecule has 2 aromatic rings. The molecule has 0 spiro atoms. The van der Waals surface area contributed by atoms with Crippen LogP contribution in [0.4, 0.5) is 5.82 Å². The molecule has 3 N–H and O–H groups in total. The molecule has 18 heavy (non-hydrogen) atoms. The zero-order chi connectivity index (χ0) is 13.0. The third-order valence-corrected chi connectivity index (χ3v) is 3.47. The number of amides is 1. The fourth-order valence-corrected chi connectivity index (χ4v) is 2.45. The summed E-state index contributed by atoms with van der Waals surface area (Å²) < 4.78 is 0. The number of nitrogens with zero attached hydrogens (tertiary/aromatic N) is 2.